The van der Waals surface area contributed by atoms with Gasteiger partial charge in [0.1, 0.15) is 0 Å². The van der Waals surface area contributed by atoms with Crippen LogP contribution in [0.2, 0.25) is 0 Å². The number of rotatable bonds is 7. The van der Waals surface area contributed by atoms with Gasteiger partial charge in [0.15, 0.2) is 11.6 Å². The van der Waals surface area contributed by atoms with Gasteiger partial charge in [-0.05, 0) is 17.7 Å². The number of benzene rings is 1. The van der Waals surface area contributed by atoms with E-state index in [2.05, 4.69) is 4.74 Å². The zero-order chi connectivity index (χ0) is 14.3. The Hall–Kier alpha value is -1.27. The quantitative estimate of drug-likeness (QED) is 0.615. The zero-order valence-corrected chi connectivity index (χ0v) is 11.8. The summed E-state index contributed by atoms with van der Waals surface area (Å²) < 4.78 is 22.9. The molecule has 1 atom stereocenters. The van der Waals surface area contributed by atoms with Crippen LogP contribution < -0.4 is 10.5 Å². The predicted molar refractivity (Wildman–Crippen MR) is 73.8 cm³/mol. The minimum Gasteiger partial charge on any atom is -0.494 e. The lowest BCUT2D eigenvalue weighted by Gasteiger charge is -2.12. The number of hydrogen-bond acceptors (Lipinski definition) is 5. The standard InChI is InChI=1S/C13H18FNO3S/c1-17-12-4-3-9(7-10(12)14)11(15)8-19-6-5-13(16)18-2/h3-4,7,11H,5-6,8,15H2,1-2H3. The number of nitrogens with two attached hydrogens (primary N) is 1. The number of ether oxygens (including phenoxy) is 2. The van der Waals surface area contributed by atoms with E-state index < -0.39 is 5.82 Å². The highest BCUT2D eigenvalue weighted by atomic mass is 32.2. The maximum Gasteiger partial charge on any atom is 0.306 e. The number of methoxy groups -OCH3 is 2. The zero-order valence-electron chi connectivity index (χ0n) is 11.0. The number of halogens is 1. The van der Waals surface area contributed by atoms with E-state index in [1.165, 1.54) is 32.0 Å². The van der Waals surface area contributed by atoms with Gasteiger partial charge in [-0.15, -0.1) is 0 Å². The van der Waals surface area contributed by atoms with Crippen LogP contribution in [-0.4, -0.2) is 31.7 Å². The van der Waals surface area contributed by atoms with Crippen molar-refractivity contribution in [2.75, 3.05) is 25.7 Å². The molecule has 0 heterocycles. The second-order valence-corrected chi connectivity index (χ2v) is 5.05. The van der Waals surface area contributed by atoms with Crippen molar-refractivity contribution in [2.45, 2.75) is 12.5 Å². The van der Waals surface area contributed by atoms with E-state index >= 15 is 0 Å². The maximum atomic E-state index is 13.5. The minimum absolute atomic E-state index is 0.203. The summed E-state index contributed by atoms with van der Waals surface area (Å²) in [5, 5.41) is 0. The SMILES string of the molecule is COC(=O)CCSCC(N)c1ccc(OC)c(F)c1. The summed E-state index contributed by atoms with van der Waals surface area (Å²) in [7, 11) is 2.78. The molecule has 0 spiro atoms. The molecule has 0 aromatic heterocycles. The lowest BCUT2D eigenvalue weighted by molar-refractivity contribution is -0.140. The summed E-state index contributed by atoms with van der Waals surface area (Å²) in [5.74, 6) is 0.794. The molecular formula is C13H18FNO3S. The van der Waals surface area contributed by atoms with Crippen molar-refractivity contribution in [1.82, 2.24) is 0 Å². The summed E-state index contributed by atoms with van der Waals surface area (Å²) in [5.41, 5.74) is 6.67. The monoisotopic (exact) mass is 287 g/mol. The third-order valence-electron chi connectivity index (χ3n) is 2.58. The van der Waals surface area contributed by atoms with E-state index in [-0.39, 0.29) is 17.8 Å². The second-order valence-electron chi connectivity index (χ2n) is 3.90. The Morgan fingerprint density at radius 2 is 2.21 bits per heavy atom. The normalized spacial score (nSPS) is 12.0. The highest BCUT2D eigenvalue weighted by Gasteiger charge is 2.10. The number of thioether (sulfide) groups is 1. The van der Waals surface area contributed by atoms with Gasteiger partial charge in [-0.1, -0.05) is 6.07 Å². The molecular weight excluding hydrogens is 269 g/mol. The number of hydrogen-bond donors (Lipinski definition) is 1. The molecule has 106 valence electrons. The van der Waals surface area contributed by atoms with E-state index in [9.17, 15) is 9.18 Å². The molecule has 19 heavy (non-hydrogen) atoms. The van der Waals surface area contributed by atoms with Gasteiger partial charge in [0.25, 0.3) is 0 Å². The van der Waals surface area contributed by atoms with Gasteiger partial charge >= 0.3 is 5.97 Å². The summed E-state index contributed by atoms with van der Waals surface area (Å²) in [6.45, 7) is 0. The molecule has 1 aromatic carbocycles. The van der Waals surface area contributed by atoms with Crippen molar-refractivity contribution < 1.29 is 18.7 Å². The summed E-state index contributed by atoms with van der Waals surface area (Å²) in [4.78, 5) is 10.9. The van der Waals surface area contributed by atoms with Crippen molar-refractivity contribution in [2.24, 2.45) is 5.73 Å². The largest absolute Gasteiger partial charge is 0.494 e. The molecule has 0 radical (unpaired) electrons. The fourth-order valence-electron chi connectivity index (χ4n) is 1.48. The first-order valence-corrected chi connectivity index (χ1v) is 6.97. The molecule has 0 aliphatic carbocycles. The Morgan fingerprint density at radius 1 is 1.47 bits per heavy atom. The molecule has 4 nitrogen and oxygen atoms in total. The van der Waals surface area contributed by atoms with Gasteiger partial charge in [0, 0.05) is 17.5 Å². The van der Waals surface area contributed by atoms with Crippen molar-refractivity contribution in [3.63, 3.8) is 0 Å². The predicted octanol–water partition coefficient (Wildman–Crippen LogP) is 2.13. The second kappa shape index (κ2) is 8.01. The van der Waals surface area contributed by atoms with E-state index in [1.807, 2.05) is 0 Å². The van der Waals surface area contributed by atoms with Crippen LogP contribution >= 0.6 is 11.8 Å². The van der Waals surface area contributed by atoms with E-state index in [0.717, 1.165) is 0 Å². The van der Waals surface area contributed by atoms with Gasteiger partial charge in [-0.3, -0.25) is 4.79 Å². The van der Waals surface area contributed by atoms with Crippen molar-refractivity contribution in [3.8, 4) is 5.75 Å². The summed E-state index contributed by atoms with van der Waals surface area (Å²) >= 11 is 1.54. The Labute approximate surface area is 116 Å². The number of carbonyl (C=O) groups excluding carboxylic acids is 1. The van der Waals surface area contributed by atoms with Gasteiger partial charge in [0.2, 0.25) is 0 Å². The number of esters is 1. The Kier molecular flexibility index (Phi) is 6.66. The molecule has 0 bridgehead atoms. The average molecular weight is 287 g/mol. The fraction of sp³-hybridized carbons (Fsp3) is 0.462. The summed E-state index contributed by atoms with van der Waals surface area (Å²) in [6.07, 6.45) is 0.352. The molecule has 0 saturated carbocycles. The lowest BCUT2D eigenvalue weighted by atomic mass is 10.1. The van der Waals surface area contributed by atoms with Crippen LogP contribution in [0.5, 0.6) is 5.75 Å². The topological polar surface area (TPSA) is 61.5 Å². The molecule has 6 heteroatoms. The first-order valence-electron chi connectivity index (χ1n) is 5.82. The van der Waals surface area contributed by atoms with Gasteiger partial charge in [-0.25, -0.2) is 4.39 Å². The van der Waals surface area contributed by atoms with Gasteiger partial charge in [0.05, 0.1) is 20.6 Å². The van der Waals surface area contributed by atoms with Crippen LogP contribution in [0.15, 0.2) is 18.2 Å². The number of carbonyl (C=O) groups is 1. The average Bonchev–Trinajstić information content (AvgIpc) is 2.42. The molecule has 1 rings (SSSR count). The van der Waals surface area contributed by atoms with Crippen LogP contribution in [0.25, 0.3) is 0 Å². The van der Waals surface area contributed by atoms with E-state index in [4.69, 9.17) is 10.5 Å². The van der Waals surface area contributed by atoms with Crippen LogP contribution in [0, 0.1) is 5.82 Å². The minimum atomic E-state index is -0.421. The molecule has 0 aliphatic heterocycles. The highest BCUT2D eigenvalue weighted by molar-refractivity contribution is 7.99. The molecule has 0 saturated heterocycles. The molecule has 1 unspecified atom stereocenters. The Balaban J connectivity index is 2.43. The molecule has 2 N–H and O–H groups in total. The van der Waals surface area contributed by atoms with E-state index in [0.29, 0.717) is 23.5 Å². The Bertz CT molecular complexity index is 428. The molecule has 1 aromatic rings. The molecule has 0 amide bonds. The smallest absolute Gasteiger partial charge is 0.306 e. The highest BCUT2D eigenvalue weighted by Crippen LogP contribution is 2.23. The maximum absolute atomic E-state index is 13.5. The van der Waals surface area contributed by atoms with E-state index in [1.54, 1.807) is 12.1 Å². The molecule has 0 fully saturated rings. The first-order chi connectivity index (χ1) is 9.08. The lowest BCUT2D eigenvalue weighted by Crippen LogP contribution is -2.14. The van der Waals surface area contributed by atoms with Crippen LogP contribution in [-0.2, 0) is 9.53 Å². The van der Waals surface area contributed by atoms with Crippen LogP contribution in [0.3, 0.4) is 0 Å². The van der Waals surface area contributed by atoms with Gasteiger partial charge in [-0.2, -0.15) is 11.8 Å². The van der Waals surface area contributed by atoms with Crippen LogP contribution in [0.4, 0.5) is 4.39 Å². The van der Waals surface area contributed by atoms with Gasteiger partial charge < -0.3 is 15.2 Å². The third-order valence-corrected chi connectivity index (χ3v) is 3.67. The third kappa shape index (κ3) is 5.08. The Morgan fingerprint density at radius 3 is 2.79 bits per heavy atom. The summed E-state index contributed by atoms with van der Waals surface area (Å²) in [6, 6.07) is 4.41. The fourth-order valence-corrected chi connectivity index (χ4v) is 2.40. The van der Waals surface area contributed by atoms with Crippen molar-refractivity contribution in [3.05, 3.63) is 29.6 Å². The molecule has 0 aliphatic rings. The van der Waals surface area contributed by atoms with Crippen molar-refractivity contribution in [1.29, 1.82) is 0 Å². The van der Waals surface area contributed by atoms with Crippen LogP contribution in [0.1, 0.15) is 18.0 Å². The van der Waals surface area contributed by atoms with Crippen molar-refractivity contribution >= 4 is 17.7 Å². The first kappa shape index (κ1) is 15.8.